The number of rotatable bonds is 6. The monoisotopic (exact) mass is 283 g/mol. The minimum Gasteiger partial charge on any atom is -0.384 e. The summed E-state index contributed by atoms with van der Waals surface area (Å²) in [5.74, 6) is -0.179. The molecule has 4 heteroatoms. The highest BCUT2D eigenvalue weighted by molar-refractivity contribution is 6.03. The van der Waals surface area contributed by atoms with Crippen LogP contribution in [0.25, 0.3) is 0 Å². The van der Waals surface area contributed by atoms with Gasteiger partial charge in [0.15, 0.2) is 0 Å². The lowest BCUT2D eigenvalue weighted by Gasteiger charge is -2.10. The summed E-state index contributed by atoms with van der Waals surface area (Å²) in [6.45, 7) is 4.97. The second-order valence-corrected chi connectivity index (χ2v) is 4.82. The minimum absolute atomic E-state index is 0.179. The van der Waals surface area contributed by atoms with Gasteiger partial charge in [0.2, 0.25) is 0 Å². The van der Waals surface area contributed by atoms with Crippen LogP contribution in [0.1, 0.15) is 36.3 Å². The SMILES string of the molecule is CCCc1ccccc1NC(=O)c1ccc(NCC)cn1. The van der Waals surface area contributed by atoms with Gasteiger partial charge in [0.1, 0.15) is 5.69 Å². The number of anilines is 2. The van der Waals surface area contributed by atoms with Crippen molar-refractivity contribution in [3.63, 3.8) is 0 Å². The Balaban J connectivity index is 2.10. The third-order valence-corrected chi connectivity index (χ3v) is 3.16. The maximum absolute atomic E-state index is 12.2. The molecule has 0 aliphatic heterocycles. The summed E-state index contributed by atoms with van der Waals surface area (Å²) >= 11 is 0. The van der Waals surface area contributed by atoms with E-state index in [2.05, 4.69) is 22.5 Å². The van der Waals surface area contributed by atoms with Gasteiger partial charge in [-0.2, -0.15) is 0 Å². The second kappa shape index (κ2) is 7.43. The number of carbonyl (C=O) groups is 1. The molecule has 110 valence electrons. The molecule has 0 saturated carbocycles. The van der Waals surface area contributed by atoms with Gasteiger partial charge in [-0.1, -0.05) is 31.5 Å². The molecule has 1 aromatic carbocycles. The molecule has 0 bridgehead atoms. The summed E-state index contributed by atoms with van der Waals surface area (Å²) < 4.78 is 0. The number of carbonyl (C=O) groups excluding carboxylic acids is 1. The minimum atomic E-state index is -0.179. The van der Waals surface area contributed by atoms with Crippen LogP contribution in [0.15, 0.2) is 42.6 Å². The maximum atomic E-state index is 12.2. The molecule has 21 heavy (non-hydrogen) atoms. The van der Waals surface area contributed by atoms with Crippen molar-refractivity contribution < 1.29 is 4.79 Å². The van der Waals surface area contributed by atoms with Crippen molar-refractivity contribution >= 4 is 17.3 Å². The first kappa shape index (κ1) is 15.0. The van der Waals surface area contributed by atoms with E-state index in [0.29, 0.717) is 5.69 Å². The third-order valence-electron chi connectivity index (χ3n) is 3.16. The molecule has 0 aliphatic rings. The number of nitrogens with one attached hydrogen (secondary N) is 2. The van der Waals surface area contributed by atoms with E-state index in [-0.39, 0.29) is 5.91 Å². The summed E-state index contributed by atoms with van der Waals surface area (Å²) in [4.78, 5) is 16.4. The molecule has 1 amide bonds. The number of hydrogen-bond acceptors (Lipinski definition) is 3. The van der Waals surface area contributed by atoms with Gasteiger partial charge in [-0.25, -0.2) is 4.98 Å². The Kier molecular flexibility index (Phi) is 5.32. The van der Waals surface area contributed by atoms with Gasteiger partial charge in [0.05, 0.1) is 11.9 Å². The number of pyridine rings is 1. The molecule has 0 atom stereocenters. The van der Waals surface area contributed by atoms with E-state index in [4.69, 9.17) is 0 Å². The zero-order valence-electron chi connectivity index (χ0n) is 12.5. The summed E-state index contributed by atoms with van der Waals surface area (Å²) in [6, 6.07) is 11.5. The molecule has 4 nitrogen and oxygen atoms in total. The van der Waals surface area contributed by atoms with Crippen LogP contribution in [0.2, 0.25) is 0 Å². The molecule has 0 saturated heterocycles. The Labute approximate surface area is 125 Å². The molecule has 1 heterocycles. The van der Waals surface area contributed by atoms with Gasteiger partial charge in [-0.3, -0.25) is 4.79 Å². The van der Waals surface area contributed by atoms with Gasteiger partial charge >= 0.3 is 0 Å². The zero-order valence-corrected chi connectivity index (χ0v) is 12.5. The van der Waals surface area contributed by atoms with Crippen molar-refractivity contribution in [2.45, 2.75) is 26.7 Å². The molecule has 2 rings (SSSR count). The van der Waals surface area contributed by atoms with Crippen LogP contribution in [0, 0.1) is 0 Å². The highest BCUT2D eigenvalue weighted by Crippen LogP contribution is 2.17. The van der Waals surface area contributed by atoms with E-state index in [1.807, 2.05) is 37.3 Å². The molecule has 0 spiro atoms. The number of hydrogen-bond donors (Lipinski definition) is 2. The average Bonchev–Trinajstić information content (AvgIpc) is 2.50. The molecule has 0 radical (unpaired) electrons. The van der Waals surface area contributed by atoms with Crippen LogP contribution in [0.3, 0.4) is 0 Å². The largest absolute Gasteiger partial charge is 0.384 e. The van der Waals surface area contributed by atoms with Crippen LogP contribution in [0.4, 0.5) is 11.4 Å². The molecule has 0 unspecified atom stereocenters. The van der Waals surface area contributed by atoms with Crippen molar-refractivity contribution in [1.82, 2.24) is 4.98 Å². The van der Waals surface area contributed by atoms with Crippen LogP contribution in [0.5, 0.6) is 0 Å². The molecular weight excluding hydrogens is 262 g/mol. The zero-order chi connectivity index (χ0) is 15.1. The fourth-order valence-corrected chi connectivity index (χ4v) is 2.15. The number of amides is 1. The van der Waals surface area contributed by atoms with E-state index in [1.165, 1.54) is 0 Å². The molecule has 2 aromatic rings. The molecule has 2 N–H and O–H groups in total. The Bertz CT molecular complexity index is 593. The van der Waals surface area contributed by atoms with Crippen molar-refractivity contribution in [3.05, 3.63) is 53.9 Å². The van der Waals surface area contributed by atoms with Gasteiger partial charge in [-0.15, -0.1) is 0 Å². The van der Waals surface area contributed by atoms with Crippen LogP contribution in [-0.4, -0.2) is 17.4 Å². The summed E-state index contributed by atoms with van der Waals surface area (Å²) in [5, 5.41) is 6.10. The highest BCUT2D eigenvalue weighted by atomic mass is 16.1. The van der Waals surface area contributed by atoms with Crippen LogP contribution in [-0.2, 0) is 6.42 Å². The fraction of sp³-hybridized carbons (Fsp3) is 0.294. The van der Waals surface area contributed by atoms with Crippen LogP contribution < -0.4 is 10.6 Å². The van der Waals surface area contributed by atoms with E-state index in [0.717, 1.165) is 36.3 Å². The molecule has 1 aromatic heterocycles. The first-order valence-electron chi connectivity index (χ1n) is 7.33. The van der Waals surface area contributed by atoms with Gasteiger partial charge < -0.3 is 10.6 Å². The van der Waals surface area contributed by atoms with E-state index < -0.39 is 0 Å². The standard InChI is InChI=1S/C17H21N3O/c1-3-7-13-8-5-6-9-15(13)20-17(21)16-11-10-14(12-19-16)18-4-2/h5-6,8-12,18H,3-4,7H2,1-2H3,(H,20,21). The van der Waals surface area contributed by atoms with Gasteiger partial charge in [0, 0.05) is 12.2 Å². The Morgan fingerprint density at radius 2 is 1.95 bits per heavy atom. The van der Waals surface area contributed by atoms with Crippen molar-refractivity contribution in [2.75, 3.05) is 17.2 Å². The van der Waals surface area contributed by atoms with Crippen molar-refractivity contribution in [1.29, 1.82) is 0 Å². The first-order valence-corrected chi connectivity index (χ1v) is 7.33. The van der Waals surface area contributed by atoms with Gasteiger partial charge in [-0.05, 0) is 37.1 Å². The lowest BCUT2D eigenvalue weighted by atomic mass is 10.1. The van der Waals surface area contributed by atoms with E-state index >= 15 is 0 Å². The number of aromatic nitrogens is 1. The highest BCUT2D eigenvalue weighted by Gasteiger charge is 2.09. The smallest absolute Gasteiger partial charge is 0.274 e. The quantitative estimate of drug-likeness (QED) is 0.849. The lowest BCUT2D eigenvalue weighted by molar-refractivity contribution is 0.102. The van der Waals surface area contributed by atoms with Gasteiger partial charge in [0.25, 0.3) is 5.91 Å². The van der Waals surface area contributed by atoms with Crippen LogP contribution >= 0.6 is 0 Å². The average molecular weight is 283 g/mol. The number of nitrogens with zero attached hydrogens (tertiary/aromatic N) is 1. The summed E-state index contributed by atoms with van der Waals surface area (Å²) in [5.41, 5.74) is 3.35. The number of benzene rings is 1. The topological polar surface area (TPSA) is 54.0 Å². The van der Waals surface area contributed by atoms with E-state index in [1.54, 1.807) is 12.3 Å². The normalized spacial score (nSPS) is 10.2. The Morgan fingerprint density at radius 3 is 2.62 bits per heavy atom. The summed E-state index contributed by atoms with van der Waals surface area (Å²) in [7, 11) is 0. The Morgan fingerprint density at radius 1 is 1.14 bits per heavy atom. The predicted molar refractivity (Wildman–Crippen MR) is 86.8 cm³/mol. The third kappa shape index (κ3) is 4.05. The van der Waals surface area contributed by atoms with Crippen molar-refractivity contribution in [3.8, 4) is 0 Å². The predicted octanol–water partition coefficient (Wildman–Crippen LogP) is 3.72. The number of para-hydroxylation sites is 1. The summed E-state index contributed by atoms with van der Waals surface area (Å²) in [6.07, 6.45) is 3.67. The number of aryl methyl sites for hydroxylation is 1. The first-order chi connectivity index (χ1) is 10.2. The van der Waals surface area contributed by atoms with Crippen molar-refractivity contribution in [2.24, 2.45) is 0 Å². The molecule has 0 aliphatic carbocycles. The van der Waals surface area contributed by atoms with E-state index in [9.17, 15) is 4.79 Å². The maximum Gasteiger partial charge on any atom is 0.274 e. The second-order valence-electron chi connectivity index (χ2n) is 4.82. The molecule has 0 fully saturated rings. The molecular formula is C17H21N3O. The Hall–Kier alpha value is -2.36. The fourth-order valence-electron chi connectivity index (χ4n) is 2.15. The lowest BCUT2D eigenvalue weighted by Crippen LogP contribution is -2.15.